The van der Waals surface area contributed by atoms with Gasteiger partial charge in [0, 0.05) is 11.5 Å². The maximum Gasteiger partial charge on any atom is 0.252 e. The summed E-state index contributed by atoms with van der Waals surface area (Å²) >= 11 is 0. The zero-order valence-corrected chi connectivity index (χ0v) is 15.2. The van der Waals surface area contributed by atoms with Crippen molar-refractivity contribution in [2.24, 2.45) is 0 Å². The maximum atomic E-state index is 12.8. The van der Waals surface area contributed by atoms with Crippen LogP contribution < -0.4 is 5.56 Å². The molecule has 0 saturated carbocycles. The monoisotopic (exact) mass is 354 g/mol. The fraction of sp³-hybridized carbons (Fsp3) is 0.136. The van der Waals surface area contributed by atoms with Gasteiger partial charge in [0.2, 0.25) is 0 Å². The largest absolute Gasteiger partial charge is 0.288 e. The van der Waals surface area contributed by atoms with Crippen LogP contribution in [-0.4, -0.2) is 14.3 Å². The van der Waals surface area contributed by atoms with E-state index in [1.807, 2.05) is 61.0 Å². The highest BCUT2D eigenvalue weighted by atomic mass is 16.1. The average molecular weight is 354 g/mol. The van der Waals surface area contributed by atoms with Crippen molar-refractivity contribution in [3.63, 3.8) is 0 Å². The molecular formula is C22H18N4O. The van der Waals surface area contributed by atoms with Crippen molar-refractivity contribution in [2.45, 2.75) is 20.4 Å². The van der Waals surface area contributed by atoms with Crippen LogP contribution in [0.2, 0.25) is 0 Å². The zero-order chi connectivity index (χ0) is 19.0. The van der Waals surface area contributed by atoms with Crippen LogP contribution in [0.25, 0.3) is 16.7 Å². The zero-order valence-electron chi connectivity index (χ0n) is 15.2. The van der Waals surface area contributed by atoms with E-state index in [4.69, 9.17) is 10.4 Å². The molecule has 2 aromatic heterocycles. The van der Waals surface area contributed by atoms with E-state index >= 15 is 0 Å². The molecule has 0 bridgehead atoms. The molecule has 5 heteroatoms. The fourth-order valence-corrected chi connectivity index (χ4v) is 3.44. The number of benzene rings is 2. The summed E-state index contributed by atoms with van der Waals surface area (Å²) < 4.78 is 3.58. The van der Waals surface area contributed by atoms with Gasteiger partial charge in [0.05, 0.1) is 29.6 Å². The summed E-state index contributed by atoms with van der Waals surface area (Å²) in [5, 5.41) is 14.7. The molecule has 0 saturated heterocycles. The number of rotatable bonds is 3. The molecule has 0 aliphatic heterocycles. The molecule has 4 rings (SSSR count). The van der Waals surface area contributed by atoms with Gasteiger partial charge in [-0.25, -0.2) is 4.68 Å². The van der Waals surface area contributed by atoms with Crippen LogP contribution in [0.5, 0.6) is 0 Å². The van der Waals surface area contributed by atoms with Crippen LogP contribution in [-0.2, 0) is 6.54 Å². The van der Waals surface area contributed by atoms with Crippen LogP contribution >= 0.6 is 0 Å². The van der Waals surface area contributed by atoms with Crippen LogP contribution in [0.3, 0.4) is 0 Å². The highest BCUT2D eigenvalue weighted by Crippen LogP contribution is 2.24. The third-order valence-electron chi connectivity index (χ3n) is 4.72. The third kappa shape index (κ3) is 2.91. The lowest BCUT2D eigenvalue weighted by Crippen LogP contribution is -2.22. The van der Waals surface area contributed by atoms with Gasteiger partial charge in [-0.3, -0.25) is 9.36 Å². The first-order chi connectivity index (χ1) is 13.1. The number of nitrogens with zero attached hydrogens (tertiary/aromatic N) is 4. The van der Waals surface area contributed by atoms with Crippen LogP contribution in [0.4, 0.5) is 0 Å². The summed E-state index contributed by atoms with van der Waals surface area (Å²) in [6.07, 6.45) is 0. The van der Waals surface area contributed by atoms with E-state index in [0.717, 1.165) is 33.5 Å². The quantitative estimate of drug-likeness (QED) is 0.563. The number of fused-ring (bicyclic) bond motifs is 1. The normalized spacial score (nSPS) is 10.9. The third-order valence-corrected chi connectivity index (χ3v) is 4.72. The average Bonchev–Trinajstić information content (AvgIpc) is 3.04. The second-order valence-corrected chi connectivity index (χ2v) is 6.59. The molecular weight excluding hydrogens is 336 g/mol. The molecule has 0 N–H and O–H groups in total. The van der Waals surface area contributed by atoms with E-state index in [0.29, 0.717) is 12.1 Å². The molecule has 4 aromatic rings. The Hall–Kier alpha value is -3.65. The molecule has 0 aliphatic carbocycles. The van der Waals surface area contributed by atoms with E-state index in [2.05, 4.69) is 6.07 Å². The van der Waals surface area contributed by atoms with E-state index in [1.165, 1.54) is 0 Å². The second kappa shape index (κ2) is 6.58. The van der Waals surface area contributed by atoms with Crippen molar-refractivity contribution >= 4 is 11.0 Å². The lowest BCUT2D eigenvalue weighted by atomic mass is 10.1. The number of pyridine rings is 1. The molecule has 0 atom stereocenters. The fourth-order valence-electron chi connectivity index (χ4n) is 3.44. The molecule has 5 nitrogen and oxygen atoms in total. The Bertz CT molecular complexity index is 1230. The second-order valence-electron chi connectivity index (χ2n) is 6.59. The molecule has 2 aromatic carbocycles. The van der Waals surface area contributed by atoms with Crippen molar-refractivity contribution in [3.8, 4) is 11.8 Å². The number of hydrogen-bond donors (Lipinski definition) is 0. The lowest BCUT2D eigenvalue weighted by molar-refractivity contribution is 0.750. The van der Waals surface area contributed by atoms with Crippen molar-refractivity contribution in [3.05, 3.63) is 93.4 Å². The Morgan fingerprint density at radius 3 is 2.41 bits per heavy atom. The minimum atomic E-state index is -0.0681. The smallest absolute Gasteiger partial charge is 0.252 e. The van der Waals surface area contributed by atoms with Crippen molar-refractivity contribution in [2.75, 3.05) is 0 Å². The summed E-state index contributed by atoms with van der Waals surface area (Å²) in [5.74, 6) is 0. The molecule has 0 fully saturated rings. The highest BCUT2D eigenvalue weighted by Gasteiger charge is 2.17. The van der Waals surface area contributed by atoms with Crippen molar-refractivity contribution in [1.29, 1.82) is 5.26 Å². The molecule has 0 aliphatic rings. The van der Waals surface area contributed by atoms with Gasteiger partial charge >= 0.3 is 0 Å². The predicted octanol–water partition coefficient (Wildman–Crippen LogP) is 3.72. The van der Waals surface area contributed by atoms with Gasteiger partial charge in [0.1, 0.15) is 5.65 Å². The van der Waals surface area contributed by atoms with Gasteiger partial charge in [-0.2, -0.15) is 10.4 Å². The molecule has 27 heavy (non-hydrogen) atoms. The van der Waals surface area contributed by atoms with E-state index < -0.39 is 0 Å². The molecule has 0 unspecified atom stereocenters. The van der Waals surface area contributed by atoms with Crippen LogP contribution in [0.1, 0.15) is 22.4 Å². The van der Waals surface area contributed by atoms with Gasteiger partial charge in [0.25, 0.3) is 5.56 Å². The number of aromatic nitrogens is 3. The van der Waals surface area contributed by atoms with E-state index in [-0.39, 0.29) is 5.56 Å². The topological polar surface area (TPSA) is 63.6 Å². The van der Waals surface area contributed by atoms with E-state index in [1.54, 1.807) is 22.8 Å². The molecule has 2 heterocycles. The minimum absolute atomic E-state index is 0.0681. The predicted molar refractivity (Wildman–Crippen MR) is 105 cm³/mol. The SMILES string of the molecule is Cc1cc(=O)n(Cc2ccc(C#N)cc2)c2c1c(C)nn2-c1ccccc1. The summed E-state index contributed by atoms with van der Waals surface area (Å²) in [7, 11) is 0. The molecule has 0 radical (unpaired) electrons. The summed E-state index contributed by atoms with van der Waals surface area (Å²) in [4.78, 5) is 12.8. The van der Waals surface area contributed by atoms with Gasteiger partial charge in [-0.05, 0) is 49.2 Å². The van der Waals surface area contributed by atoms with E-state index in [9.17, 15) is 4.79 Å². The standard InChI is InChI=1S/C22H18N4O/c1-15-12-20(27)25(14-18-10-8-17(13-23)9-11-18)22-21(15)16(2)24-26(22)19-6-4-3-5-7-19/h3-12H,14H2,1-2H3. The number of para-hydroxylation sites is 1. The molecule has 132 valence electrons. The summed E-state index contributed by atoms with van der Waals surface area (Å²) in [6.45, 7) is 4.32. The number of aryl methyl sites for hydroxylation is 2. The first kappa shape index (κ1) is 16.8. The summed E-state index contributed by atoms with van der Waals surface area (Å²) in [6, 6.07) is 20.9. The Morgan fingerprint density at radius 2 is 1.74 bits per heavy atom. The lowest BCUT2D eigenvalue weighted by Gasteiger charge is -2.12. The number of hydrogen-bond acceptors (Lipinski definition) is 3. The van der Waals surface area contributed by atoms with Crippen molar-refractivity contribution in [1.82, 2.24) is 14.3 Å². The Morgan fingerprint density at radius 1 is 1.04 bits per heavy atom. The van der Waals surface area contributed by atoms with Gasteiger partial charge < -0.3 is 0 Å². The van der Waals surface area contributed by atoms with Gasteiger partial charge in [-0.15, -0.1) is 0 Å². The van der Waals surface area contributed by atoms with Gasteiger partial charge in [-0.1, -0.05) is 30.3 Å². The maximum absolute atomic E-state index is 12.8. The van der Waals surface area contributed by atoms with Crippen LogP contribution in [0.15, 0.2) is 65.5 Å². The Balaban J connectivity index is 1.96. The minimum Gasteiger partial charge on any atom is -0.288 e. The Kier molecular flexibility index (Phi) is 4.09. The van der Waals surface area contributed by atoms with Crippen molar-refractivity contribution < 1.29 is 0 Å². The Labute approximate surface area is 156 Å². The first-order valence-corrected chi connectivity index (χ1v) is 8.72. The molecule has 0 spiro atoms. The molecule has 0 amide bonds. The highest BCUT2D eigenvalue weighted by molar-refractivity contribution is 5.83. The van der Waals surface area contributed by atoms with Gasteiger partial charge in [0.15, 0.2) is 0 Å². The number of nitriles is 1. The first-order valence-electron chi connectivity index (χ1n) is 8.72. The van der Waals surface area contributed by atoms with Crippen LogP contribution in [0, 0.1) is 25.2 Å². The summed E-state index contributed by atoms with van der Waals surface area (Å²) in [5.41, 5.74) is 5.00.